The highest BCUT2D eigenvalue weighted by Gasteiger charge is 2.35. The Morgan fingerprint density at radius 3 is 2.31 bits per heavy atom. The molecule has 5 rings (SSSR count). The van der Waals surface area contributed by atoms with Gasteiger partial charge in [0.05, 0.1) is 11.4 Å². The highest BCUT2D eigenvalue weighted by molar-refractivity contribution is 6.07. The molecule has 1 N–H and O–H groups in total. The molecule has 4 aromatic carbocycles. The molecule has 1 aliphatic heterocycles. The third-order valence-corrected chi connectivity index (χ3v) is 6.18. The molecule has 1 fully saturated rings. The summed E-state index contributed by atoms with van der Waals surface area (Å²) in [6.07, 6.45) is 0.865. The third-order valence-electron chi connectivity index (χ3n) is 6.18. The number of fused-ring (bicyclic) bond motifs is 1. The smallest absolute Gasteiger partial charge is 0.410 e. The summed E-state index contributed by atoms with van der Waals surface area (Å²) < 4.78 is 5.48. The molecule has 0 radical (unpaired) electrons. The molecule has 0 unspecified atom stereocenters. The number of carbonyl (C=O) groups is 2. The van der Waals surface area contributed by atoms with Crippen LogP contribution in [0.15, 0.2) is 107 Å². The molecule has 1 aliphatic rings. The predicted octanol–water partition coefficient (Wildman–Crippen LogP) is 6.99. The second-order valence-electron chi connectivity index (χ2n) is 8.59. The third kappa shape index (κ3) is 5.25. The monoisotopic (exact) mass is 478 g/mol. The van der Waals surface area contributed by atoms with E-state index < -0.39 is 12.1 Å². The van der Waals surface area contributed by atoms with Crippen LogP contribution in [0.3, 0.4) is 0 Å². The van der Waals surface area contributed by atoms with Crippen LogP contribution in [0.5, 0.6) is 0 Å². The first kappa shape index (κ1) is 23.2. The summed E-state index contributed by atoms with van der Waals surface area (Å²) in [6.45, 7) is 0.666. The summed E-state index contributed by atoms with van der Waals surface area (Å²) in [5.41, 5.74) is 3.04. The average molecular weight is 479 g/mol. The van der Waals surface area contributed by atoms with Crippen LogP contribution in [0.2, 0.25) is 0 Å². The van der Waals surface area contributed by atoms with Gasteiger partial charge in [0.1, 0.15) is 12.6 Å². The largest absolute Gasteiger partial charge is 0.445 e. The molecule has 1 heterocycles. The van der Waals surface area contributed by atoms with Gasteiger partial charge in [-0.2, -0.15) is 5.11 Å². The van der Waals surface area contributed by atoms with Gasteiger partial charge in [-0.3, -0.25) is 9.69 Å². The van der Waals surface area contributed by atoms with Crippen LogP contribution in [0.25, 0.3) is 10.8 Å². The highest BCUT2D eigenvalue weighted by atomic mass is 16.6. The minimum absolute atomic E-state index is 0.175. The molecular weight excluding hydrogens is 452 g/mol. The summed E-state index contributed by atoms with van der Waals surface area (Å²) in [5, 5.41) is 13.5. The van der Waals surface area contributed by atoms with E-state index in [2.05, 4.69) is 15.5 Å². The van der Waals surface area contributed by atoms with Crippen molar-refractivity contribution in [3.8, 4) is 0 Å². The molecule has 1 atom stereocenters. The van der Waals surface area contributed by atoms with Crippen molar-refractivity contribution in [2.75, 3.05) is 11.9 Å². The highest BCUT2D eigenvalue weighted by Crippen LogP contribution is 2.33. The van der Waals surface area contributed by atoms with E-state index in [1.807, 2.05) is 97.1 Å². The maximum absolute atomic E-state index is 13.2. The van der Waals surface area contributed by atoms with Crippen LogP contribution in [-0.4, -0.2) is 29.5 Å². The van der Waals surface area contributed by atoms with Crippen molar-refractivity contribution in [1.29, 1.82) is 0 Å². The van der Waals surface area contributed by atoms with Crippen molar-refractivity contribution in [3.63, 3.8) is 0 Å². The van der Waals surface area contributed by atoms with E-state index in [1.54, 1.807) is 0 Å². The van der Waals surface area contributed by atoms with E-state index in [9.17, 15) is 9.59 Å². The molecular formula is C29H26N4O3. The lowest BCUT2D eigenvalue weighted by Gasteiger charge is -2.23. The second-order valence-corrected chi connectivity index (χ2v) is 8.59. The predicted molar refractivity (Wildman–Crippen MR) is 140 cm³/mol. The topological polar surface area (TPSA) is 83.4 Å². The zero-order chi connectivity index (χ0) is 24.7. The Kier molecular flexibility index (Phi) is 6.98. The Balaban J connectivity index is 1.31. The van der Waals surface area contributed by atoms with Crippen molar-refractivity contribution in [3.05, 3.63) is 103 Å². The molecule has 0 saturated carbocycles. The number of ether oxygens (including phenoxy) is 1. The first-order valence-electron chi connectivity index (χ1n) is 12.0. The number of nitrogens with zero attached hydrogens (tertiary/aromatic N) is 3. The molecule has 7 nitrogen and oxygen atoms in total. The normalized spacial score (nSPS) is 15.3. The van der Waals surface area contributed by atoms with Crippen molar-refractivity contribution in [1.82, 2.24) is 4.90 Å². The number of hydrogen-bond acceptors (Lipinski definition) is 5. The van der Waals surface area contributed by atoms with Gasteiger partial charge >= 0.3 is 6.09 Å². The molecule has 180 valence electrons. The maximum atomic E-state index is 13.2. The minimum atomic E-state index is -0.579. The summed E-state index contributed by atoms with van der Waals surface area (Å²) in [4.78, 5) is 27.5. The molecule has 7 heteroatoms. The lowest BCUT2D eigenvalue weighted by molar-refractivity contribution is -0.120. The maximum Gasteiger partial charge on any atom is 0.410 e. The van der Waals surface area contributed by atoms with Crippen molar-refractivity contribution < 1.29 is 14.3 Å². The Labute approximate surface area is 209 Å². The van der Waals surface area contributed by atoms with E-state index in [0.717, 1.165) is 28.4 Å². The standard InChI is InChI=1S/C29H26N4O3/c34-28(27-16-9-19-33(27)29(35)36-20-21-10-3-1-4-11-21)30-25-17-18-26(24-15-8-7-14-23(24)25)32-31-22-12-5-2-6-13-22/h1-8,10-15,17-18,27H,9,16,19-20H2,(H,30,34)/b32-31+/t27-/m0/s1. The Morgan fingerprint density at radius 2 is 1.53 bits per heavy atom. The number of benzene rings is 4. The van der Waals surface area contributed by atoms with Gasteiger partial charge < -0.3 is 10.1 Å². The van der Waals surface area contributed by atoms with Gasteiger partial charge in [0.25, 0.3) is 0 Å². The van der Waals surface area contributed by atoms with E-state index in [4.69, 9.17) is 4.74 Å². The van der Waals surface area contributed by atoms with Gasteiger partial charge in [-0.1, -0.05) is 72.8 Å². The molecule has 1 saturated heterocycles. The summed E-state index contributed by atoms with van der Waals surface area (Å²) >= 11 is 0. The molecule has 2 amide bonds. The molecule has 0 bridgehead atoms. The zero-order valence-corrected chi connectivity index (χ0v) is 19.7. The summed E-state index contributed by atoms with van der Waals surface area (Å²) in [7, 11) is 0. The van der Waals surface area contributed by atoms with E-state index in [0.29, 0.717) is 24.3 Å². The fourth-order valence-corrected chi connectivity index (χ4v) is 4.36. The Morgan fingerprint density at radius 1 is 0.833 bits per heavy atom. The van der Waals surface area contributed by atoms with Gasteiger partial charge in [0.2, 0.25) is 5.91 Å². The number of azo groups is 1. The number of carbonyl (C=O) groups excluding carboxylic acids is 2. The second kappa shape index (κ2) is 10.8. The van der Waals surface area contributed by atoms with Gasteiger partial charge in [0, 0.05) is 23.0 Å². The molecule has 0 spiro atoms. The SMILES string of the molecule is O=C(Nc1ccc(/N=N/c2ccccc2)c2ccccc12)[C@@H]1CCCN1C(=O)OCc1ccccc1. The number of nitrogens with one attached hydrogen (secondary N) is 1. The number of likely N-dealkylation sites (tertiary alicyclic amines) is 1. The lowest BCUT2D eigenvalue weighted by Crippen LogP contribution is -2.43. The number of amides is 2. The Bertz CT molecular complexity index is 1390. The molecule has 0 aromatic heterocycles. The van der Waals surface area contributed by atoms with Crippen molar-refractivity contribution in [2.24, 2.45) is 10.2 Å². The van der Waals surface area contributed by atoms with E-state index >= 15 is 0 Å². The average Bonchev–Trinajstić information content (AvgIpc) is 3.43. The fraction of sp³-hybridized carbons (Fsp3) is 0.172. The van der Waals surface area contributed by atoms with Crippen LogP contribution in [-0.2, 0) is 16.1 Å². The van der Waals surface area contributed by atoms with Crippen LogP contribution in [0.4, 0.5) is 21.9 Å². The van der Waals surface area contributed by atoms with Crippen LogP contribution in [0.1, 0.15) is 18.4 Å². The van der Waals surface area contributed by atoms with Gasteiger partial charge in [0.15, 0.2) is 0 Å². The van der Waals surface area contributed by atoms with E-state index in [1.165, 1.54) is 4.90 Å². The number of hydrogen-bond donors (Lipinski definition) is 1. The van der Waals surface area contributed by atoms with E-state index in [-0.39, 0.29) is 12.5 Å². The van der Waals surface area contributed by atoms with Crippen LogP contribution < -0.4 is 5.32 Å². The number of rotatable bonds is 6. The first-order valence-corrected chi connectivity index (χ1v) is 12.0. The Hall–Kier alpha value is -4.52. The van der Waals surface area contributed by atoms with Crippen LogP contribution >= 0.6 is 0 Å². The minimum Gasteiger partial charge on any atom is -0.445 e. The quantitative estimate of drug-likeness (QED) is 0.303. The van der Waals surface area contributed by atoms with Crippen molar-refractivity contribution in [2.45, 2.75) is 25.5 Å². The molecule has 4 aromatic rings. The number of anilines is 1. The molecule has 0 aliphatic carbocycles. The summed E-state index contributed by atoms with van der Waals surface area (Å²) in [5.74, 6) is -0.229. The van der Waals surface area contributed by atoms with Gasteiger partial charge in [-0.25, -0.2) is 4.79 Å². The van der Waals surface area contributed by atoms with Crippen LogP contribution in [0, 0.1) is 0 Å². The fourth-order valence-electron chi connectivity index (χ4n) is 4.36. The van der Waals surface area contributed by atoms with Crippen molar-refractivity contribution >= 4 is 39.8 Å². The van der Waals surface area contributed by atoms with Gasteiger partial charge in [-0.15, -0.1) is 5.11 Å². The first-order chi connectivity index (χ1) is 17.7. The zero-order valence-electron chi connectivity index (χ0n) is 19.7. The summed E-state index contributed by atoms with van der Waals surface area (Å²) in [6, 6.07) is 29.8. The van der Waals surface area contributed by atoms with Gasteiger partial charge in [-0.05, 0) is 42.7 Å². The lowest BCUT2D eigenvalue weighted by atomic mass is 10.1. The molecule has 36 heavy (non-hydrogen) atoms.